The van der Waals surface area contributed by atoms with Gasteiger partial charge in [-0.1, -0.05) is 36.4 Å². The van der Waals surface area contributed by atoms with Gasteiger partial charge in [-0.3, -0.25) is 4.79 Å². The SMILES string of the molecule is CC(=O)NCCOc1cccc(OCc2ccccc2)c1. The normalized spacial score (nSPS) is 9.95. The Kier molecular flexibility index (Phi) is 5.64. The standard InChI is InChI=1S/C17H19NO3/c1-14(19)18-10-11-20-16-8-5-9-17(12-16)21-13-15-6-3-2-4-7-15/h2-9,12H,10-11,13H2,1H3,(H,18,19). The molecule has 2 aromatic rings. The van der Waals surface area contributed by atoms with Crippen molar-refractivity contribution in [2.24, 2.45) is 0 Å². The van der Waals surface area contributed by atoms with Gasteiger partial charge in [0.1, 0.15) is 24.7 Å². The summed E-state index contributed by atoms with van der Waals surface area (Å²) >= 11 is 0. The molecule has 0 aliphatic carbocycles. The summed E-state index contributed by atoms with van der Waals surface area (Å²) in [7, 11) is 0. The van der Waals surface area contributed by atoms with E-state index in [9.17, 15) is 4.79 Å². The average molecular weight is 285 g/mol. The van der Waals surface area contributed by atoms with Crippen molar-refractivity contribution >= 4 is 5.91 Å². The Balaban J connectivity index is 1.81. The zero-order chi connectivity index (χ0) is 14.9. The number of amides is 1. The molecular weight excluding hydrogens is 266 g/mol. The van der Waals surface area contributed by atoms with Crippen molar-refractivity contribution in [2.45, 2.75) is 13.5 Å². The number of ether oxygens (including phenoxy) is 2. The molecule has 2 rings (SSSR count). The van der Waals surface area contributed by atoms with Crippen LogP contribution in [-0.2, 0) is 11.4 Å². The number of hydrogen-bond acceptors (Lipinski definition) is 3. The zero-order valence-corrected chi connectivity index (χ0v) is 12.0. The molecule has 2 aromatic carbocycles. The van der Waals surface area contributed by atoms with Crippen LogP contribution in [0.2, 0.25) is 0 Å². The van der Waals surface area contributed by atoms with E-state index in [1.165, 1.54) is 6.92 Å². The van der Waals surface area contributed by atoms with Crippen molar-refractivity contribution in [3.05, 3.63) is 60.2 Å². The molecule has 0 aliphatic heterocycles. The van der Waals surface area contributed by atoms with Gasteiger partial charge in [0.2, 0.25) is 5.91 Å². The predicted molar refractivity (Wildman–Crippen MR) is 81.4 cm³/mol. The van der Waals surface area contributed by atoms with Crippen molar-refractivity contribution in [1.29, 1.82) is 0 Å². The molecule has 0 aromatic heterocycles. The van der Waals surface area contributed by atoms with Gasteiger partial charge in [0, 0.05) is 13.0 Å². The summed E-state index contributed by atoms with van der Waals surface area (Å²) in [5.74, 6) is 1.43. The van der Waals surface area contributed by atoms with Crippen molar-refractivity contribution in [3.8, 4) is 11.5 Å². The average Bonchev–Trinajstić information content (AvgIpc) is 2.51. The Bertz CT molecular complexity index is 569. The fourth-order valence-corrected chi connectivity index (χ4v) is 1.79. The molecule has 0 saturated heterocycles. The Hall–Kier alpha value is -2.49. The topological polar surface area (TPSA) is 47.6 Å². The Morgan fingerprint density at radius 3 is 2.43 bits per heavy atom. The van der Waals surface area contributed by atoms with Crippen LogP contribution >= 0.6 is 0 Å². The second kappa shape index (κ2) is 7.94. The molecular formula is C17H19NO3. The van der Waals surface area contributed by atoms with Crippen molar-refractivity contribution in [1.82, 2.24) is 5.32 Å². The zero-order valence-electron chi connectivity index (χ0n) is 12.0. The smallest absolute Gasteiger partial charge is 0.216 e. The fourth-order valence-electron chi connectivity index (χ4n) is 1.79. The maximum Gasteiger partial charge on any atom is 0.216 e. The minimum Gasteiger partial charge on any atom is -0.492 e. The molecule has 0 bridgehead atoms. The first-order chi connectivity index (χ1) is 10.2. The van der Waals surface area contributed by atoms with Gasteiger partial charge in [-0.25, -0.2) is 0 Å². The van der Waals surface area contributed by atoms with Crippen LogP contribution in [0.25, 0.3) is 0 Å². The molecule has 0 heterocycles. The van der Waals surface area contributed by atoms with Gasteiger partial charge in [-0.05, 0) is 17.7 Å². The van der Waals surface area contributed by atoms with Gasteiger partial charge in [0.05, 0.1) is 6.54 Å². The van der Waals surface area contributed by atoms with Crippen molar-refractivity contribution in [2.75, 3.05) is 13.2 Å². The highest BCUT2D eigenvalue weighted by Gasteiger charge is 1.99. The van der Waals surface area contributed by atoms with Gasteiger partial charge in [-0.15, -0.1) is 0 Å². The van der Waals surface area contributed by atoms with Crippen LogP contribution in [0, 0.1) is 0 Å². The molecule has 0 unspecified atom stereocenters. The summed E-state index contributed by atoms with van der Waals surface area (Å²) in [6.07, 6.45) is 0. The molecule has 0 atom stereocenters. The monoisotopic (exact) mass is 285 g/mol. The van der Waals surface area contributed by atoms with Crippen LogP contribution in [0.3, 0.4) is 0 Å². The molecule has 0 radical (unpaired) electrons. The van der Waals surface area contributed by atoms with Crippen LogP contribution in [-0.4, -0.2) is 19.1 Å². The van der Waals surface area contributed by atoms with Gasteiger partial charge in [0.25, 0.3) is 0 Å². The van der Waals surface area contributed by atoms with E-state index in [0.29, 0.717) is 19.8 Å². The van der Waals surface area contributed by atoms with E-state index >= 15 is 0 Å². The number of benzene rings is 2. The van der Waals surface area contributed by atoms with E-state index in [1.54, 1.807) is 0 Å². The fraction of sp³-hybridized carbons (Fsp3) is 0.235. The maximum atomic E-state index is 10.7. The third-order valence-electron chi connectivity index (χ3n) is 2.80. The lowest BCUT2D eigenvalue weighted by molar-refractivity contribution is -0.119. The third-order valence-corrected chi connectivity index (χ3v) is 2.80. The second-order valence-electron chi connectivity index (χ2n) is 4.58. The number of rotatable bonds is 7. The highest BCUT2D eigenvalue weighted by atomic mass is 16.5. The van der Waals surface area contributed by atoms with E-state index in [0.717, 1.165) is 17.1 Å². The predicted octanol–water partition coefficient (Wildman–Crippen LogP) is 2.78. The largest absolute Gasteiger partial charge is 0.492 e. The summed E-state index contributed by atoms with van der Waals surface area (Å²) in [4.78, 5) is 10.7. The highest BCUT2D eigenvalue weighted by molar-refractivity contribution is 5.72. The van der Waals surface area contributed by atoms with E-state index in [4.69, 9.17) is 9.47 Å². The van der Waals surface area contributed by atoms with Crippen LogP contribution in [0.5, 0.6) is 11.5 Å². The maximum absolute atomic E-state index is 10.7. The number of carbonyl (C=O) groups excluding carboxylic acids is 1. The first-order valence-corrected chi connectivity index (χ1v) is 6.88. The first-order valence-electron chi connectivity index (χ1n) is 6.88. The van der Waals surface area contributed by atoms with Gasteiger partial charge in [-0.2, -0.15) is 0 Å². The Morgan fingerprint density at radius 1 is 1.00 bits per heavy atom. The quantitative estimate of drug-likeness (QED) is 0.796. The summed E-state index contributed by atoms with van der Waals surface area (Å²) in [5, 5.41) is 2.68. The van der Waals surface area contributed by atoms with E-state index in [1.807, 2.05) is 54.6 Å². The highest BCUT2D eigenvalue weighted by Crippen LogP contribution is 2.20. The summed E-state index contributed by atoms with van der Waals surface area (Å²) in [6.45, 7) is 2.93. The van der Waals surface area contributed by atoms with Crippen molar-refractivity contribution < 1.29 is 14.3 Å². The molecule has 0 fully saturated rings. The van der Waals surface area contributed by atoms with E-state index in [2.05, 4.69) is 5.32 Å². The lowest BCUT2D eigenvalue weighted by atomic mass is 10.2. The first kappa shape index (κ1) is 14.9. The Labute approximate surface area is 124 Å². The van der Waals surface area contributed by atoms with Crippen LogP contribution in [0.1, 0.15) is 12.5 Å². The molecule has 1 N–H and O–H groups in total. The van der Waals surface area contributed by atoms with Crippen LogP contribution in [0.15, 0.2) is 54.6 Å². The lowest BCUT2D eigenvalue weighted by Crippen LogP contribution is -2.25. The minimum atomic E-state index is -0.0569. The van der Waals surface area contributed by atoms with Gasteiger partial charge in [0.15, 0.2) is 0 Å². The second-order valence-corrected chi connectivity index (χ2v) is 4.58. The molecule has 0 spiro atoms. The summed E-state index contributed by atoms with van der Waals surface area (Å²) in [5.41, 5.74) is 1.12. The van der Waals surface area contributed by atoms with E-state index < -0.39 is 0 Å². The number of carbonyl (C=O) groups is 1. The lowest BCUT2D eigenvalue weighted by Gasteiger charge is -2.10. The van der Waals surface area contributed by atoms with Gasteiger partial charge >= 0.3 is 0 Å². The van der Waals surface area contributed by atoms with Crippen molar-refractivity contribution in [3.63, 3.8) is 0 Å². The third kappa shape index (κ3) is 5.57. The summed E-state index contributed by atoms with van der Waals surface area (Å²) in [6, 6.07) is 17.5. The molecule has 1 amide bonds. The van der Waals surface area contributed by atoms with E-state index in [-0.39, 0.29) is 5.91 Å². The molecule has 0 saturated carbocycles. The molecule has 4 nitrogen and oxygen atoms in total. The molecule has 0 aliphatic rings. The number of nitrogens with one attached hydrogen (secondary N) is 1. The summed E-state index contributed by atoms with van der Waals surface area (Å²) < 4.78 is 11.3. The van der Waals surface area contributed by atoms with Crippen LogP contribution in [0.4, 0.5) is 0 Å². The molecule has 110 valence electrons. The Morgan fingerprint density at radius 2 is 1.71 bits per heavy atom. The van der Waals surface area contributed by atoms with Gasteiger partial charge < -0.3 is 14.8 Å². The molecule has 21 heavy (non-hydrogen) atoms. The molecule has 4 heteroatoms. The minimum absolute atomic E-state index is 0.0569. The van der Waals surface area contributed by atoms with Crippen LogP contribution < -0.4 is 14.8 Å². The number of hydrogen-bond donors (Lipinski definition) is 1.